The quantitative estimate of drug-likeness (QED) is 0.753. The van der Waals surface area contributed by atoms with Gasteiger partial charge in [-0.15, -0.1) is 0 Å². The fourth-order valence-corrected chi connectivity index (χ4v) is 4.22. The predicted molar refractivity (Wildman–Crippen MR) is 83.3 cm³/mol. The number of methoxy groups -OCH3 is 2. The van der Waals surface area contributed by atoms with Gasteiger partial charge in [0, 0.05) is 16.6 Å². The lowest BCUT2D eigenvalue weighted by atomic mass is 10.2. The van der Waals surface area contributed by atoms with Crippen molar-refractivity contribution >= 4 is 26.0 Å². The topological polar surface area (TPSA) is 84.9 Å². The summed E-state index contributed by atoms with van der Waals surface area (Å²) in [5.74, 6) is 0.754. The molecular weight excluding hydrogens is 362 g/mol. The van der Waals surface area contributed by atoms with Crippen molar-refractivity contribution in [2.45, 2.75) is 37.3 Å². The highest BCUT2D eigenvalue weighted by molar-refractivity contribution is 9.10. The molecular formula is C13H20BrNO5S. The molecule has 0 fully saturated rings. The third-order valence-electron chi connectivity index (χ3n) is 2.78. The zero-order valence-electron chi connectivity index (χ0n) is 12.4. The molecule has 0 aliphatic rings. The molecule has 2 atom stereocenters. The van der Waals surface area contributed by atoms with Crippen molar-refractivity contribution < 1.29 is 23.0 Å². The lowest BCUT2D eigenvalue weighted by Crippen LogP contribution is -2.34. The van der Waals surface area contributed by atoms with Gasteiger partial charge in [0.2, 0.25) is 10.0 Å². The molecule has 0 heterocycles. The summed E-state index contributed by atoms with van der Waals surface area (Å²) in [5, 5.41) is 9.31. The highest BCUT2D eigenvalue weighted by Crippen LogP contribution is 2.35. The SMILES string of the molecule is COc1cc(Br)c(S(=O)(=O)NC(C)CC(C)O)cc1OC. The van der Waals surface area contributed by atoms with E-state index < -0.39 is 22.2 Å². The number of aliphatic hydroxyl groups is 1. The molecule has 0 amide bonds. The van der Waals surface area contributed by atoms with E-state index in [4.69, 9.17) is 9.47 Å². The molecule has 0 radical (unpaired) electrons. The third-order valence-corrected chi connectivity index (χ3v) is 5.33. The number of sulfonamides is 1. The van der Waals surface area contributed by atoms with Crippen LogP contribution < -0.4 is 14.2 Å². The summed E-state index contributed by atoms with van der Waals surface area (Å²) in [6, 6.07) is 2.53. The second kappa shape index (κ2) is 7.44. The van der Waals surface area contributed by atoms with Gasteiger partial charge in [0.15, 0.2) is 11.5 Å². The first-order valence-electron chi connectivity index (χ1n) is 6.33. The smallest absolute Gasteiger partial charge is 0.242 e. The molecule has 0 aromatic heterocycles. The van der Waals surface area contributed by atoms with Crippen LogP contribution in [0.3, 0.4) is 0 Å². The Bertz CT molecular complexity index is 588. The van der Waals surface area contributed by atoms with Crippen LogP contribution in [-0.4, -0.2) is 39.9 Å². The first kappa shape index (κ1) is 18.2. The molecule has 0 aliphatic carbocycles. The van der Waals surface area contributed by atoms with E-state index in [0.29, 0.717) is 22.4 Å². The molecule has 1 aromatic rings. The molecule has 0 spiro atoms. The van der Waals surface area contributed by atoms with E-state index in [1.807, 2.05) is 0 Å². The molecule has 1 rings (SSSR count). The standard InChI is InChI=1S/C13H20BrNO5S/c1-8(5-9(2)16)15-21(17,18)13-7-12(20-4)11(19-3)6-10(13)14/h6-9,15-16H,5H2,1-4H3. The summed E-state index contributed by atoms with van der Waals surface area (Å²) < 4.78 is 37.9. The molecule has 21 heavy (non-hydrogen) atoms. The molecule has 120 valence electrons. The molecule has 6 nitrogen and oxygen atoms in total. The van der Waals surface area contributed by atoms with Gasteiger partial charge in [-0.2, -0.15) is 0 Å². The average molecular weight is 382 g/mol. The Balaban J connectivity index is 3.13. The Morgan fingerprint density at radius 3 is 2.24 bits per heavy atom. The van der Waals surface area contributed by atoms with Crippen LogP contribution in [0.25, 0.3) is 0 Å². The van der Waals surface area contributed by atoms with Gasteiger partial charge in [0.1, 0.15) is 4.90 Å². The molecule has 2 unspecified atom stereocenters. The number of hydrogen-bond donors (Lipinski definition) is 2. The predicted octanol–water partition coefficient (Wildman–Crippen LogP) is 1.90. The van der Waals surface area contributed by atoms with E-state index in [9.17, 15) is 13.5 Å². The number of halogens is 1. The number of hydrogen-bond acceptors (Lipinski definition) is 5. The van der Waals surface area contributed by atoms with Crippen LogP contribution >= 0.6 is 15.9 Å². The summed E-state index contributed by atoms with van der Waals surface area (Å²) in [4.78, 5) is 0.0533. The first-order chi connectivity index (χ1) is 9.71. The lowest BCUT2D eigenvalue weighted by Gasteiger charge is -2.17. The molecule has 0 bridgehead atoms. The molecule has 0 aliphatic heterocycles. The Kier molecular flexibility index (Phi) is 6.45. The van der Waals surface area contributed by atoms with Crippen LogP contribution in [0.4, 0.5) is 0 Å². The van der Waals surface area contributed by atoms with E-state index in [1.54, 1.807) is 13.8 Å². The number of rotatable bonds is 7. The number of aliphatic hydroxyl groups excluding tert-OH is 1. The molecule has 8 heteroatoms. The number of ether oxygens (including phenoxy) is 2. The van der Waals surface area contributed by atoms with Crippen molar-refractivity contribution in [2.75, 3.05) is 14.2 Å². The van der Waals surface area contributed by atoms with E-state index in [2.05, 4.69) is 20.7 Å². The van der Waals surface area contributed by atoms with Crippen LogP contribution in [-0.2, 0) is 10.0 Å². The summed E-state index contributed by atoms with van der Waals surface area (Å²) in [5.41, 5.74) is 0. The summed E-state index contributed by atoms with van der Waals surface area (Å²) in [6.07, 6.45) is -0.263. The Morgan fingerprint density at radius 2 is 1.76 bits per heavy atom. The minimum absolute atomic E-state index is 0.0533. The zero-order chi connectivity index (χ0) is 16.2. The molecule has 0 saturated heterocycles. The monoisotopic (exact) mass is 381 g/mol. The van der Waals surface area contributed by atoms with Crippen LogP contribution in [0.15, 0.2) is 21.5 Å². The number of benzene rings is 1. The van der Waals surface area contributed by atoms with Crippen LogP contribution in [0, 0.1) is 0 Å². The van der Waals surface area contributed by atoms with Crippen molar-refractivity contribution in [1.82, 2.24) is 4.72 Å². The third kappa shape index (κ3) is 4.84. The zero-order valence-corrected chi connectivity index (χ0v) is 14.8. The second-order valence-electron chi connectivity index (χ2n) is 4.74. The van der Waals surface area contributed by atoms with Gasteiger partial charge in [-0.3, -0.25) is 0 Å². The minimum atomic E-state index is -3.74. The summed E-state index contributed by atoms with van der Waals surface area (Å²) in [6.45, 7) is 3.30. The van der Waals surface area contributed by atoms with Crippen molar-refractivity contribution in [1.29, 1.82) is 0 Å². The van der Waals surface area contributed by atoms with Crippen molar-refractivity contribution in [2.24, 2.45) is 0 Å². The van der Waals surface area contributed by atoms with Crippen LogP contribution in [0.1, 0.15) is 20.3 Å². The van der Waals surface area contributed by atoms with Gasteiger partial charge >= 0.3 is 0 Å². The fourth-order valence-electron chi connectivity index (χ4n) is 1.93. The minimum Gasteiger partial charge on any atom is -0.493 e. The number of nitrogens with one attached hydrogen (secondary N) is 1. The lowest BCUT2D eigenvalue weighted by molar-refractivity contribution is 0.175. The first-order valence-corrected chi connectivity index (χ1v) is 8.60. The van der Waals surface area contributed by atoms with E-state index in [0.717, 1.165) is 0 Å². The maximum atomic E-state index is 12.4. The fraction of sp³-hybridized carbons (Fsp3) is 0.538. The molecule has 0 saturated carbocycles. The van der Waals surface area contributed by atoms with Crippen molar-refractivity contribution in [3.8, 4) is 11.5 Å². The van der Waals surface area contributed by atoms with Gasteiger partial charge in [0.25, 0.3) is 0 Å². The van der Waals surface area contributed by atoms with E-state index >= 15 is 0 Å². The highest BCUT2D eigenvalue weighted by Gasteiger charge is 2.23. The Morgan fingerprint density at radius 1 is 1.24 bits per heavy atom. The highest BCUT2D eigenvalue weighted by atomic mass is 79.9. The Labute approximate surface area is 133 Å². The second-order valence-corrected chi connectivity index (χ2v) is 7.28. The van der Waals surface area contributed by atoms with E-state index in [-0.39, 0.29) is 4.90 Å². The van der Waals surface area contributed by atoms with E-state index in [1.165, 1.54) is 26.4 Å². The Hall–Kier alpha value is -0.830. The van der Waals surface area contributed by atoms with Crippen molar-refractivity contribution in [3.63, 3.8) is 0 Å². The van der Waals surface area contributed by atoms with Crippen molar-refractivity contribution in [3.05, 3.63) is 16.6 Å². The summed E-state index contributed by atoms with van der Waals surface area (Å²) in [7, 11) is -0.827. The van der Waals surface area contributed by atoms with Gasteiger partial charge in [-0.25, -0.2) is 13.1 Å². The normalized spacial score (nSPS) is 14.6. The maximum Gasteiger partial charge on any atom is 0.242 e. The van der Waals surface area contributed by atoms with Crippen LogP contribution in [0.5, 0.6) is 11.5 Å². The largest absolute Gasteiger partial charge is 0.493 e. The van der Waals surface area contributed by atoms with Gasteiger partial charge in [-0.1, -0.05) is 0 Å². The van der Waals surface area contributed by atoms with Crippen LogP contribution in [0.2, 0.25) is 0 Å². The molecule has 2 N–H and O–H groups in total. The maximum absolute atomic E-state index is 12.4. The van der Waals surface area contributed by atoms with Gasteiger partial charge < -0.3 is 14.6 Å². The van der Waals surface area contributed by atoms with Gasteiger partial charge in [-0.05, 0) is 42.3 Å². The molecule has 1 aromatic carbocycles. The average Bonchev–Trinajstić information content (AvgIpc) is 2.36. The van der Waals surface area contributed by atoms with Gasteiger partial charge in [0.05, 0.1) is 20.3 Å². The summed E-state index contributed by atoms with van der Waals surface area (Å²) >= 11 is 3.22.